The molecule has 2 aromatic heterocycles. The van der Waals surface area contributed by atoms with E-state index in [0.717, 1.165) is 12.2 Å². The van der Waals surface area contributed by atoms with Gasteiger partial charge in [0.05, 0.1) is 18.1 Å². The van der Waals surface area contributed by atoms with Crippen LogP contribution in [0.25, 0.3) is 0 Å². The molecule has 0 bridgehead atoms. The first-order chi connectivity index (χ1) is 11.7. The van der Waals surface area contributed by atoms with Crippen LogP contribution in [0, 0.1) is 17.2 Å². The molecule has 1 saturated carbocycles. The van der Waals surface area contributed by atoms with E-state index >= 15 is 0 Å². The number of nitriles is 1. The summed E-state index contributed by atoms with van der Waals surface area (Å²) in [6, 6.07) is 3.73. The second kappa shape index (κ2) is 7.88. The average molecular weight is 344 g/mol. The maximum absolute atomic E-state index is 8.73. The minimum atomic E-state index is 0.262. The number of hydrogen-bond donors (Lipinski definition) is 2. The molecule has 0 saturated heterocycles. The van der Waals surface area contributed by atoms with Crippen molar-refractivity contribution in [3.8, 4) is 6.07 Å². The fourth-order valence-electron chi connectivity index (χ4n) is 2.79. The summed E-state index contributed by atoms with van der Waals surface area (Å²) in [5.41, 5.74) is 1.01. The first kappa shape index (κ1) is 16.4. The molecule has 2 N–H and O–H groups in total. The first-order valence-electron chi connectivity index (χ1n) is 8.01. The van der Waals surface area contributed by atoms with Crippen molar-refractivity contribution in [1.29, 1.82) is 5.26 Å². The summed E-state index contributed by atoms with van der Waals surface area (Å²) < 4.78 is 0. The second-order valence-corrected chi connectivity index (χ2v) is 6.20. The monoisotopic (exact) mass is 343 g/mol. The van der Waals surface area contributed by atoms with Crippen molar-refractivity contribution >= 4 is 28.9 Å². The Hall–Kier alpha value is -2.46. The molecular weight excluding hydrogens is 326 g/mol. The van der Waals surface area contributed by atoms with Crippen LogP contribution in [0.4, 0.5) is 17.3 Å². The molecule has 0 amide bonds. The van der Waals surface area contributed by atoms with Crippen LogP contribution in [0.5, 0.6) is 0 Å². The summed E-state index contributed by atoms with van der Waals surface area (Å²) in [4.78, 5) is 8.05. The van der Waals surface area contributed by atoms with Crippen LogP contribution >= 0.6 is 11.6 Å². The van der Waals surface area contributed by atoms with Gasteiger partial charge in [0.2, 0.25) is 0 Å². The van der Waals surface area contributed by atoms with Crippen LogP contribution in [0.3, 0.4) is 0 Å². The lowest BCUT2D eigenvalue weighted by Gasteiger charge is -2.22. The Labute approximate surface area is 145 Å². The lowest BCUT2D eigenvalue weighted by atomic mass is 9.89. The quantitative estimate of drug-likeness (QED) is 0.856. The van der Waals surface area contributed by atoms with Gasteiger partial charge in [-0.3, -0.25) is 0 Å². The standard InChI is InChI=1S/C16H18ClN7/c17-16-13(20-8-11-4-2-1-3-5-11)6-14(23-24-16)22-15-10-19-12(7-18)9-21-15/h6,9-11H,1-5,8H2,(H2,20,21,22,23). The fraction of sp³-hybridized carbons (Fsp3) is 0.438. The summed E-state index contributed by atoms with van der Waals surface area (Å²) in [5.74, 6) is 1.69. The Morgan fingerprint density at radius 1 is 1.12 bits per heavy atom. The van der Waals surface area contributed by atoms with Gasteiger partial charge in [0.15, 0.2) is 16.7 Å². The van der Waals surface area contributed by atoms with Crippen molar-refractivity contribution in [1.82, 2.24) is 20.2 Å². The zero-order chi connectivity index (χ0) is 16.8. The van der Waals surface area contributed by atoms with E-state index in [1.807, 2.05) is 6.07 Å². The Kier molecular flexibility index (Phi) is 5.39. The van der Waals surface area contributed by atoms with Gasteiger partial charge >= 0.3 is 0 Å². The highest BCUT2D eigenvalue weighted by atomic mass is 35.5. The average Bonchev–Trinajstić information content (AvgIpc) is 2.63. The molecule has 24 heavy (non-hydrogen) atoms. The number of anilines is 3. The molecule has 124 valence electrons. The Balaban J connectivity index is 1.65. The van der Waals surface area contributed by atoms with Crippen molar-refractivity contribution in [2.45, 2.75) is 32.1 Å². The van der Waals surface area contributed by atoms with E-state index in [2.05, 4.69) is 30.8 Å². The molecule has 1 aliphatic rings. The van der Waals surface area contributed by atoms with Crippen LogP contribution in [-0.4, -0.2) is 26.7 Å². The third-order valence-corrected chi connectivity index (χ3v) is 4.36. The highest BCUT2D eigenvalue weighted by molar-refractivity contribution is 6.31. The van der Waals surface area contributed by atoms with Crippen LogP contribution in [0.15, 0.2) is 18.5 Å². The predicted molar refractivity (Wildman–Crippen MR) is 92.1 cm³/mol. The molecule has 0 spiro atoms. The molecule has 0 aliphatic heterocycles. The van der Waals surface area contributed by atoms with Gasteiger partial charge < -0.3 is 10.6 Å². The smallest absolute Gasteiger partial charge is 0.174 e. The molecule has 0 atom stereocenters. The van der Waals surface area contributed by atoms with Crippen LogP contribution in [-0.2, 0) is 0 Å². The van der Waals surface area contributed by atoms with Gasteiger partial charge in [0, 0.05) is 12.6 Å². The molecule has 2 aromatic rings. The van der Waals surface area contributed by atoms with E-state index in [9.17, 15) is 0 Å². The van der Waals surface area contributed by atoms with Gasteiger partial charge in [0.1, 0.15) is 11.9 Å². The van der Waals surface area contributed by atoms with Crippen molar-refractivity contribution in [3.05, 3.63) is 29.3 Å². The molecule has 0 aromatic carbocycles. The molecular formula is C16H18ClN7. The van der Waals surface area contributed by atoms with Crippen LogP contribution in [0.1, 0.15) is 37.8 Å². The highest BCUT2D eigenvalue weighted by Crippen LogP contribution is 2.26. The molecule has 7 nitrogen and oxygen atoms in total. The number of nitrogens with one attached hydrogen (secondary N) is 2. The Morgan fingerprint density at radius 3 is 2.67 bits per heavy atom. The van der Waals surface area contributed by atoms with Gasteiger partial charge in [-0.1, -0.05) is 30.9 Å². The van der Waals surface area contributed by atoms with Crippen LogP contribution < -0.4 is 10.6 Å². The summed E-state index contributed by atoms with van der Waals surface area (Å²) in [5, 5.41) is 23.4. The van der Waals surface area contributed by atoms with E-state index in [1.54, 1.807) is 6.07 Å². The number of nitrogens with zero attached hydrogens (tertiary/aromatic N) is 5. The molecule has 0 radical (unpaired) electrons. The highest BCUT2D eigenvalue weighted by Gasteiger charge is 2.14. The number of halogens is 1. The van der Waals surface area contributed by atoms with E-state index in [1.165, 1.54) is 44.5 Å². The maximum Gasteiger partial charge on any atom is 0.174 e. The summed E-state index contributed by atoms with van der Waals surface area (Å²) in [7, 11) is 0. The second-order valence-electron chi connectivity index (χ2n) is 5.84. The van der Waals surface area contributed by atoms with Crippen molar-refractivity contribution < 1.29 is 0 Å². The largest absolute Gasteiger partial charge is 0.382 e. The van der Waals surface area contributed by atoms with Crippen molar-refractivity contribution in [2.24, 2.45) is 5.92 Å². The minimum Gasteiger partial charge on any atom is -0.382 e. The van der Waals surface area contributed by atoms with Crippen LogP contribution in [0.2, 0.25) is 5.15 Å². The van der Waals surface area contributed by atoms with Gasteiger partial charge in [0.25, 0.3) is 0 Å². The zero-order valence-electron chi connectivity index (χ0n) is 13.2. The first-order valence-corrected chi connectivity index (χ1v) is 8.38. The number of aromatic nitrogens is 4. The topological polar surface area (TPSA) is 99.4 Å². The minimum absolute atomic E-state index is 0.262. The predicted octanol–water partition coefficient (Wildman–Crippen LogP) is 3.53. The third kappa shape index (κ3) is 4.30. The number of hydrogen-bond acceptors (Lipinski definition) is 7. The lowest BCUT2D eigenvalue weighted by molar-refractivity contribution is 0.373. The lowest BCUT2D eigenvalue weighted by Crippen LogP contribution is -2.17. The van der Waals surface area contributed by atoms with Crippen molar-refractivity contribution in [2.75, 3.05) is 17.2 Å². The summed E-state index contributed by atoms with van der Waals surface area (Å²) in [6.07, 6.45) is 9.34. The summed E-state index contributed by atoms with van der Waals surface area (Å²) >= 11 is 6.13. The van der Waals surface area contributed by atoms with Gasteiger partial charge in [-0.05, 0) is 18.8 Å². The molecule has 8 heteroatoms. The maximum atomic E-state index is 8.73. The zero-order valence-corrected chi connectivity index (χ0v) is 13.9. The van der Waals surface area contributed by atoms with E-state index in [4.69, 9.17) is 16.9 Å². The van der Waals surface area contributed by atoms with Gasteiger partial charge in [-0.2, -0.15) is 5.26 Å². The molecule has 1 aliphatic carbocycles. The van der Waals surface area contributed by atoms with Gasteiger partial charge in [-0.15, -0.1) is 10.2 Å². The third-order valence-electron chi connectivity index (χ3n) is 4.08. The molecule has 1 fully saturated rings. The molecule has 0 unspecified atom stereocenters. The fourth-order valence-corrected chi connectivity index (χ4v) is 2.95. The summed E-state index contributed by atoms with van der Waals surface area (Å²) in [6.45, 7) is 0.890. The molecule has 2 heterocycles. The van der Waals surface area contributed by atoms with Gasteiger partial charge in [-0.25, -0.2) is 9.97 Å². The molecule has 3 rings (SSSR count). The van der Waals surface area contributed by atoms with Crippen molar-refractivity contribution in [3.63, 3.8) is 0 Å². The Bertz CT molecular complexity index is 720. The van der Waals surface area contributed by atoms with E-state index < -0.39 is 0 Å². The van der Waals surface area contributed by atoms with E-state index in [-0.39, 0.29) is 5.69 Å². The number of rotatable bonds is 5. The normalized spacial score (nSPS) is 14.8. The Morgan fingerprint density at radius 2 is 1.96 bits per heavy atom. The SMILES string of the molecule is N#Cc1cnc(Nc2cc(NCC3CCCCC3)c(Cl)nn2)cn1. The van der Waals surface area contributed by atoms with E-state index in [0.29, 0.717) is 22.7 Å².